The number of benzene rings is 2. The van der Waals surface area contributed by atoms with Crippen molar-refractivity contribution < 1.29 is 22.7 Å². The van der Waals surface area contributed by atoms with Crippen molar-refractivity contribution in [2.75, 3.05) is 50.0 Å². The molecular formula is C24H26F3N3O2S2. The molecule has 2 heterocycles. The quantitative estimate of drug-likeness (QED) is 0.273. The van der Waals surface area contributed by atoms with E-state index in [4.69, 9.17) is 4.74 Å². The zero-order valence-corrected chi connectivity index (χ0v) is 20.3. The van der Waals surface area contributed by atoms with Crippen LogP contribution < -0.4 is 4.90 Å². The Labute approximate surface area is 204 Å². The Morgan fingerprint density at radius 2 is 1.85 bits per heavy atom. The average molecular weight is 510 g/mol. The van der Waals surface area contributed by atoms with Crippen LogP contribution in [0.1, 0.15) is 19.3 Å². The molecule has 0 radical (unpaired) electrons. The maximum absolute atomic E-state index is 14.2. The second-order valence-corrected chi connectivity index (χ2v) is 10.2. The van der Waals surface area contributed by atoms with Crippen LogP contribution in [0, 0.1) is 17.5 Å². The van der Waals surface area contributed by atoms with E-state index in [-0.39, 0.29) is 17.2 Å². The highest BCUT2D eigenvalue weighted by Gasteiger charge is 2.21. The number of hydrogen-bond donors (Lipinski definition) is 0. The topological polar surface area (TPSA) is 45.7 Å². The van der Waals surface area contributed by atoms with Crippen LogP contribution in [-0.2, 0) is 9.53 Å². The second-order valence-electron chi connectivity index (χ2n) is 7.99. The van der Waals surface area contributed by atoms with E-state index >= 15 is 0 Å². The van der Waals surface area contributed by atoms with Crippen LogP contribution in [0.15, 0.2) is 41.3 Å². The number of rotatable bonds is 10. The summed E-state index contributed by atoms with van der Waals surface area (Å²) < 4.78 is 46.7. The summed E-state index contributed by atoms with van der Waals surface area (Å²) >= 11 is 2.69. The van der Waals surface area contributed by atoms with E-state index in [2.05, 4.69) is 9.88 Å². The Morgan fingerprint density at radius 1 is 1.09 bits per heavy atom. The van der Waals surface area contributed by atoms with Gasteiger partial charge in [0.25, 0.3) is 0 Å². The van der Waals surface area contributed by atoms with Gasteiger partial charge < -0.3 is 4.74 Å². The Kier molecular flexibility index (Phi) is 8.82. The molecule has 5 nitrogen and oxygen atoms in total. The summed E-state index contributed by atoms with van der Waals surface area (Å²) in [5.74, 6) is -1.06. The summed E-state index contributed by atoms with van der Waals surface area (Å²) in [7, 11) is 0. The van der Waals surface area contributed by atoms with Gasteiger partial charge in [0.2, 0.25) is 5.91 Å². The summed E-state index contributed by atoms with van der Waals surface area (Å²) in [5, 5.41) is 0.387. The molecule has 3 aromatic rings. The summed E-state index contributed by atoms with van der Waals surface area (Å²) in [6.07, 6.45) is 1.68. The van der Waals surface area contributed by atoms with E-state index in [1.54, 1.807) is 28.8 Å². The molecule has 1 aliphatic rings. The third-order valence-electron chi connectivity index (χ3n) is 5.51. The fourth-order valence-corrected chi connectivity index (χ4v) is 5.65. The van der Waals surface area contributed by atoms with Crippen molar-refractivity contribution in [1.29, 1.82) is 0 Å². The number of thioether (sulfide) groups is 1. The number of amides is 1. The number of thiazole rings is 1. The number of ether oxygens (including phenoxy) is 1. The maximum Gasteiger partial charge on any atom is 0.228 e. The lowest BCUT2D eigenvalue weighted by molar-refractivity contribution is -0.118. The number of anilines is 1. The molecule has 1 fully saturated rings. The highest BCUT2D eigenvalue weighted by Crippen LogP contribution is 2.32. The Bertz CT molecular complexity index is 1100. The van der Waals surface area contributed by atoms with Crippen LogP contribution in [0.4, 0.5) is 18.3 Å². The molecule has 1 aliphatic heterocycles. The van der Waals surface area contributed by atoms with Gasteiger partial charge in [-0.2, -0.15) is 0 Å². The number of hydrogen-bond acceptors (Lipinski definition) is 6. The van der Waals surface area contributed by atoms with Crippen molar-refractivity contribution in [1.82, 2.24) is 9.88 Å². The lowest BCUT2D eigenvalue weighted by atomic mass is 10.2. The minimum absolute atomic E-state index is 0.0826. The summed E-state index contributed by atoms with van der Waals surface area (Å²) in [4.78, 5) is 22.3. The molecule has 0 unspecified atom stereocenters. The van der Waals surface area contributed by atoms with Crippen LogP contribution in [0.25, 0.3) is 10.2 Å². The van der Waals surface area contributed by atoms with Gasteiger partial charge in [-0.05, 0) is 48.9 Å². The Hall–Kier alpha value is -2.14. The predicted molar refractivity (Wildman–Crippen MR) is 130 cm³/mol. The number of carbonyl (C=O) groups is 1. The maximum atomic E-state index is 14.2. The molecule has 34 heavy (non-hydrogen) atoms. The lowest BCUT2D eigenvalue weighted by Gasteiger charge is -2.27. The van der Waals surface area contributed by atoms with E-state index in [1.165, 1.54) is 18.2 Å². The highest BCUT2D eigenvalue weighted by molar-refractivity contribution is 7.99. The molecule has 1 amide bonds. The molecule has 0 N–H and O–H groups in total. The van der Waals surface area contributed by atoms with Crippen molar-refractivity contribution in [3.63, 3.8) is 0 Å². The van der Waals surface area contributed by atoms with E-state index in [0.29, 0.717) is 48.2 Å². The van der Waals surface area contributed by atoms with Gasteiger partial charge in [-0.15, -0.1) is 11.8 Å². The molecule has 0 bridgehead atoms. The summed E-state index contributed by atoms with van der Waals surface area (Å²) in [6, 6.07) is 8.32. The normalized spacial score (nSPS) is 14.6. The fourth-order valence-electron chi connectivity index (χ4n) is 3.74. The zero-order chi connectivity index (χ0) is 23.9. The monoisotopic (exact) mass is 509 g/mol. The summed E-state index contributed by atoms with van der Waals surface area (Å²) in [6.45, 7) is 4.40. The number of morpholine rings is 1. The third-order valence-corrected chi connectivity index (χ3v) is 7.63. The first kappa shape index (κ1) is 25.0. The van der Waals surface area contributed by atoms with E-state index in [0.717, 1.165) is 48.4 Å². The first-order chi connectivity index (χ1) is 16.5. The van der Waals surface area contributed by atoms with Crippen LogP contribution in [0.2, 0.25) is 0 Å². The van der Waals surface area contributed by atoms with Crippen LogP contribution in [-0.4, -0.2) is 60.9 Å². The molecule has 0 spiro atoms. The summed E-state index contributed by atoms with van der Waals surface area (Å²) in [5.41, 5.74) is 0.0826. The Morgan fingerprint density at radius 3 is 2.62 bits per heavy atom. The molecule has 2 aromatic carbocycles. The molecule has 0 saturated carbocycles. The van der Waals surface area contributed by atoms with Crippen molar-refractivity contribution in [2.24, 2.45) is 0 Å². The molecule has 182 valence electrons. The van der Waals surface area contributed by atoms with Gasteiger partial charge in [0.15, 0.2) is 10.9 Å². The second kappa shape index (κ2) is 12.0. The predicted octanol–water partition coefficient (Wildman–Crippen LogP) is 5.34. The van der Waals surface area contributed by atoms with E-state index in [9.17, 15) is 18.0 Å². The molecule has 1 aromatic heterocycles. The largest absolute Gasteiger partial charge is 0.379 e. The van der Waals surface area contributed by atoms with Crippen molar-refractivity contribution in [3.8, 4) is 0 Å². The smallest absolute Gasteiger partial charge is 0.228 e. The van der Waals surface area contributed by atoms with E-state index in [1.807, 2.05) is 0 Å². The molecule has 1 saturated heterocycles. The number of nitrogens with zero attached hydrogens (tertiary/aromatic N) is 3. The third kappa shape index (κ3) is 6.71. The molecule has 10 heteroatoms. The van der Waals surface area contributed by atoms with Crippen molar-refractivity contribution in [3.05, 3.63) is 53.8 Å². The number of aromatic nitrogens is 1. The number of halogens is 3. The van der Waals surface area contributed by atoms with Crippen LogP contribution >= 0.6 is 23.1 Å². The van der Waals surface area contributed by atoms with Crippen molar-refractivity contribution in [2.45, 2.75) is 24.2 Å². The van der Waals surface area contributed by atoms with Crippen LogP contribution in [0.3, 0.4) is 0 Å². The fraction of sp³-hybridized carbons (Fsp3) is 0.417. The Balaban J connectivity index is 1.40. The SMILES string of the molecule is O=C(CCCSc1ccc(F)cc1)N(CCCN1CCOCC1)c1nc2c(F)cc(F)cc2s1. The van der Waals surface area contributed by atoms with Gasteiger partial charge in [0, 0.05) is 43.6 Å². The minimum Gasteiger partial charge on any atom is -0.379 e. The van der Waals surface area contributed by atoms with Crippen LogP contribution in [0.5, 0.6) is 0 Å². The first-order valence-electron chi connectivity index (χ1n) is 11.2. The molecular weight excluding hydrogens is 483 g/mol. The van der Waals surface area contributed by atoms with Gasteiger partial charge in [-0.1, -0.05) is 11.3 Å². The zero-order valence-electron chi connectivity index (χ0n) is 18.6. The van der Waals surface area contributed by atoms with Gasteiger partial charge in [0.1, 0.15) is 17.2 Å². The van der Waals surface area contributed by atoms with E-state index < -0.39 is 11.6 Å². The average Bonchev–Trinajstić information content (AvgIpc) is 3.25. The van der Waals surface area contributed by atoms with Gasteiger partial charge in [0.05, 0.1) is 17.9 Å². The van der Waals surface area contributed by atoms with Gasteiger partial charge >= 0.3 is 0 Å². The van der Waals surface area contributed by atoms with Gasteiger partial charge in [-0.3, -0.25) is 14.6 Å². The first-order valence-corrected chi connectivity index (χ1v) is 13.0. The minimum atomic E-state index is -0.728. The highest BCUT2D eigenvalue weighted by atomic mass is 32.2. The standard InChI is InChI=1S/C24H26F3N3O2S2/c25-17-4-6-19(7-5-17)33-14-1-3-22(31)30(9-2-8-29-10-12-32-13-11-29)24-28-23-20(27)15-18(26)16-21(23)34-24/h4-7,15-16H,1-3,8-14H2. The van der Waals surface area contributed by atoms with Gasteiger partial charge in [-0.25, -0.2) is 18.2 Å². The molecule has 4 rings (SSSR count). The number of fused-ring (bicyclic) bond motifs is 1. The molecule has 0 aliphatic carbocycles. The molecule has 0 atom stereocenters. The lowest BCUT2D eigenvalue weighted by Crippen LogP contribution is -2.39. The number of carbonyl (C=O) groups excluding carboxylic acids is 1. The van der Waals surface area contributed by atoms with Crippen molar-refractivity contribution >= 4 is 44.4 Å².